The van der Waals surface area contributed by atoms with Crippen molar-refractivity contribution in [3.8, 4) is 5.75 Å². The third-order valence-corrected chi connectivity index (χ3v) is 1.70. The summed E-state index contributed by atoms with van der Waals surface area (Å²) in [4.78, 5) is 11.0. The molecular weight excluding hydrogens is 190 g/mol. The lowest BCUT2D eigenvalue weighted by Gasteiger charge is -2.09. The molecule has 0 atom stereocenters. The van der Waals surface area contributed by atoms with Crippen molar-refractivity contribution in [1.82, 2.24) is 0 Å². The molecule has 0 heterocycles. The van der Waals surface area contributed by atoms with Gasteiger partial charge in [0.25, 0.3) is 0 Å². The molecule has 0 aromatic heterocycles. The van der Waals surface area contributed by atoms with Gasteiger partial charge in [-0.15, -0.1) is 0 Å². The summed E-state index contributed by atoms with van der Waals surface area (Å²) in [6.07, 6.45) is 0. The van der Waals surface area contributed by atoms with Gasteiger partial charge in [-0.3, -0.25) is 4.79 Å². The van der Waals surface area contributed by atoms with Crippen LogP contribution in [0.3, 0.4) is 0 Å². The Hall–Kier alpha value is -1.45. The number of rotatable bonds is 3. The van der Waals surface area contributed by atoms with Crippen molar-refractivity contribution in [1.29, 1.82) is 0 Å². The lowest BCUT2D eigenvalue weighted by Crippen LogP contribution is -2.05. The van der Waals surface area contributed by atoms with Crippen LogP contribution in [0, 0.1) is 11.6 Å². The summed E-state index contributed by atoms with van der Waals surface area (Å²) in [6, 6.07) is 1.85. The Morgan fingerprint density at radius 1 is 1.36 bits per heavy atom. The Kier molecular flexibility index (Phi) is 3.17. The van der Waals surface area contributed by atoms with Crippen molar-refractivity contribution in [2.24, 2.45) is 0 Å². The van der Waals surface area contributed by atoms with Gasteiger partial charge in [-0.1, -0.05) is 0 Å². The summed E-state index contributed by atoms with van der Waals surface area (Å²) in [5, 5.41) is 0. The minimum Gasteiger partial charge on any atom is -0.490 e. The molecule has 0 saturated carbocycles. The molecule has 2 nitrogen and oxygen atoms in total. The number of halogens is 2. The summed E-state index contributed by atoms with van der Waals surface area (Å²) < 4.78 is 31.1. The SMILES string of the molecule is CCOc1c(F)ccc(F)c1C(C)=O. The van der Waals surface area contributed by atoms with E-state index in [0.717, 1.165) is 12.1 Å². The van der Waals surface area contributed by atoms with Gasteiger partial charge in [0, 0.05) is 0 Å². The van der Waals surface area contributed by atoms with Gasteiger partial charge < -0.3 is 4.74 Å². The van der Waals surface area contributed by atoms with E-state index < -0.39 is 17.4 Å². The van der Waals surface area contributed by atoms with Crippen molar-refractivity contribution >= 4 is 5.78 Å². The van der Waals surface area contributed by atoms with E-state index in [1.54, 1.807) is 6.92 Å². The van der Waals surface area contributed by atoms with E-state index >= 15 is 0 Å². The first-order valence-electron chi connectivity index (χ1n) is 4.19. The molecule has 1 aromatic rings. The second-order valence-corrected chi connectivity index (χ2v) is 2.72. The van der Waals surface area contributed by atoms with Gasteiger partial charge in [0.15, 0.2) is 17.3 Å². The Labute approximate surface area is 80.5 Å². The molecule has 0 N–H and O–H groups in total. The first kappa shape index (κ1) is 10.6. The Morgan fingerprint density at radius 3 is 2.43 bits per heavy atom. The van der Waals surface area contributed by atoms with Crippen molar-refractivity contribution in [3.05, 3.63) is 29.3 Å². The third-order valence-electron chi connectivity index (χ3n) is 1.70. The van der Waals surface area contributed by atoms with Crippen LogP contribution in [-0.2, 0) is 0 Å². The van der Waals surface area contributed by atoms with Crippen molar-refractivity contribution in [2.45, 2.75) is 13.8 Å². The van der Waals surface area contributed by atoms with Gasteiger partial charge in [0.05, 0.1) is 12.2 Å². The van der Waals surface area contributed by atoms with E-state index in [-0.39, 0.29) is 17.9 Å². The van der Waals surface area contributed by atoms with Crippen molar-refractivity contribution in [3.63, 3.8) is 0 Å². The summed E-state index contributed by atoms with van der Waals surface area (Å²) in [6.45, 7) is 2.98. The van der Waals surface area contributed by atoms with Crippen LogP contribution >= 0.6 is 0 Å². The number of ether oxygens (including phenoxy) is 1. The highest BCUT2D eigenvalue weighted by Gasteiger charge is 2.18. The number of carbonyl (C=O) groups excluding carboxylic acids is 1. The first-order chi connectivity index (χ1) is 6.57. The molecule has 0 saturated heterocycles. The van der Waals surface area contributed by atoms with Gasteiger partial charge in [-0.2, -0.15) is 0 Å². The molecule has 0 aliphatic heterocycles. The largest absolute Gasteiger partial charge is 0.490 e. The predicted octanol–water partition coefficient (Wildman–Crippen LogP) is 2.57. The van der Waals surface area contributed by atoms with Crippen LogP contribution in [0.2, 0.25) is 0 Å². The standard InChI is InChI=1S/C10H10F2O2/c1-3-14-10-8(12)5-4-7(11)9(10)6(2)13/h4-5H,3H2,1-2H3. The van der Waals surface area contributed by atoms with E-state index in [1.807, 2.05) is 0 Å². The predicted molar refractivity (Wildman–Crippen MR) is 47.5 cm³/mol. The zero-order valence-electron chi connectivity index (χ0n) is 7.93. The average molecular weight is 200 g/mol. The van der Waals surface area contributed by atoms with E-state index in [9.17, 15) is 13.6 Å². The number of hydrogen-bond acceptors (Lipinski definition) is 2. The fraction of sp³-hybridized carbons (Fsp3) is 0.300. The quantitative estimate of drug-likeness (QED) is 0.701. The zero-order chi connectivity index (χ0) is 10.7. The molecule has 14 heavy (non-hydrogen) atoms. The number of hydrogen-bond donors (Lipinski definition) is 0. The number of benzene rings is 1. The molecule has 1 aromatic carbocycles. The van der Waals surface area contributed by atoms with Crippen LogP contribution in [0.5, 0.6) is 5.75 Å². The maximum atomic E-state index is 13.1. The van der Waals surface area contributed by atoms with Crippen LogP contribution in [0.1, 0.15) is 24.2 Å². The molecule has 76 valence electrons. The van der Waals surface area contributed by atoms with Gasteiger partial charge in [0.2, 0.25) is 0 Å². The topological polar surface area (TPSA) is 26.3 Å². The maximum Gasteiger partial charge on any atom is 0.168 e. The monoisotopic (exact) mass is 200 g/mol. The molecule has 1 rings (SSSR count). The molecule has 4 heteroatoms. The minimum absolute atomic E-state index is 0.181. The smallest absolute Gasteiger partial charge is 0.168 e. The van der Waals surface area contributed by atoms with Crippen LogP contribution in [-0.4, -0.2) is 12.4 Å². The highest BCUT2D eigenvalue weighted by Crippen LogP contribution is 2.25. The third kappa shape index (κ3) is 1.89. The Balaban J connectivity index is 3.33. The van der Waals surface area contributed by atoms with E-state index in [0.29, 0.717) is 0 Å². The van der Waals surface area contributed by atoms with E-state index in [1.165, 1.54) is 6.92 Å². The molecule has 0 unspecified atom stereocenters. The number of ketones is 1. The molecule has 0 fully saturated rings. The van der Waals surface area contributed by atoms with Gasteiger partial charge in [-0.05, 0) is 26.0 Å². The Bertz CT molecular complexity index is 361. The lowest BCUT2D eigenvalue weighted by atomic mass is 10.1. The highest BCUT2D eigenvalue weighted by atomic mass is 19.1. The molecule has 0 aliphatic carbocycles. The number of carbonyl (C=O) groups is 1. The van der Waals surface area contributed by atoms with Crippen LogP contribution in [0.4, 0.5) is 8.78 Å². The highest BCUT2D eigenvalue weighted by molar-refractivity contribution is 5.97. The molecule has 0 aliphatic rings. The Morgan fingerprint density at radius 2 is 1.93 bits per heavy atom. The second kappa shape index (κ2) is 4.17. The lowest BCUT2D eigenvalue weighted by molar-refractivity contribution is 0.100. The normalized spacial score (nSPS) is 10.0. The van der Waals surface area contributed by atoms with Crippen LogP contribution < -0.4 is 4.74 Å². The van der Waals surface area contributed by atoms with Gasteiger partial charge >= 0.3 is 0 Å². The van der Waals surface area contributed by atoms with Crippen molar-refractivity contribution in [2.75, 3.05) is 6.61 Å². The molecular formula is C10H10F2O2. The molecule has 0 amide bonds. The molecule has 0 radical (unpaired) electrons. The average Bonchev–Trinajstić information content (AvgIpc) is 2.11. The van der Waals surface area contributed by atoms with E-state index in [2.05, 4.69) is 0 Å². The van der Waals surface area contributed by atoms with Gasteiger partial charge in [-0.25, -0.2) is 8.78 Å². The summed E-state index contributed by atoms with van der Waals surface area (Å²) in [7, 11) is 0. The summed E-state index contributed by atoms with van der Waals surface area (Å²) in [5.74, 6) is -2.34. The van der Waals surface area contributed by atoms with E-state index in [4.69, 9.17) is 4.74 Å². The summed E-state index contributed by atoms with van der Waals surface area (Å²) >= 11 is 0. The fourth-order valence-electron chi connectivity index (χ4n) is 1.15. The van der Waals surface area contributed by atoms with Crippen LogP contribution in [0.25, 0.3) is 0 Å². The fourth-order valence-corrected chi connectivity index (χ4v) is 1.15. The van der Waals surface area contributed by atoms with Gasteiger partial charge in [0.1, 0.15) is 5.82 Å². The zero-order valence-corrected chi connectivity index (χ0v) is 7.93. The van der Waals surface area contributed by atoms with Crippen molar-refractivity contribution < 1.29 is 18.3 Å². The van der Waals surface area contributed by atoms with Crippen LogP contribution in [0.15, 0.2) is 12.1 Å². The molecule has 0 spiro atoms. The second-order valence-electron chi connectivity index (χ2n) is 2.72. The number of Topliss-reactive ketones (excluding diaryl/α,β-unsaturated/α-hetero) is 1. The molecule has 0 bridgehead atoms. The minimum atomic E-state index is -0.762. The first-order valence-corrected chi connectivity index (χ1v) is 4.19. The maximum absolute atomic E-state index is 13.1. The summed E-state index contributed by atoms with van der Waals surface area (Å²) in [5.41, 5.74) is -0.327.